The summed E-state index contributed by atoms with van der Waals surface area (Å²) < 4.78 is 0. The fourth-order valence-electron chi connectivity index (χ4n) is 2.27. The fraction of sp³-hybridized carbons (Fsp3) is 0.923. The maximum atomic E-state index is 9.00. The van der Waals surface area contributed by atoms with Gasteiger partial charge in [-0.1, -0.05) is 20.8 Å². The third kappa shape index (κ3) is 4.11. The van der Waals surface area contributed by atoms with Gasteiger partial charge in [-0.2, -0.15) is 5.26 Å². The molecule has 1 rings (SSSR count). The zero-order chi connectivity index (χ0) is 12.0. The van der Waals surface area contributed by atoms with E-state index >= 15 is 0 Å². The van der Waals surface area contributed by atoms with Crippen molar-refractivity contribution in [3.05, 3.63) is 0 Å². The number of hydrogen-bond donors (Lipinski definition) is 1. The van der Waals surface area contributed by atoms with Gasteiger partial charge in [0.1, 0.15) is 0 Å². The van der Waals surface area contributed by atoms with E-state index in [4.69, 9.17) is 5.26 Å². The summed E-state index contributed by atoms with van der Waals surface area (Å²) in [5.74, 6) is 1.62. The first kappa shape index (κ1) is 13.5. The number of nitriles is 1. The van der Waals surface area contributed by atoms with Gasteiger partial charge in [-0.05, 0) is 31.2 Å². The second-order valence-electron chi connectivity index (χ2n) is 5.14. The van der Waals surface area contributed by atoms with Gasteiger partial charge < -0.3 is 10.2 Å². The molecular formula is C13H25N3. The lowest BCUT2D eigenvalue weighted by Crippen LogP contribution is -2.33. The normalized spacial score (nSPS) is 27.9. The highest BCUT2D eigenvalue weighted by atomic mass is 15.2. The van der Waals surface area contributed by atoms with Gasteiger partial charge in [0, 0.05) is 19.6 Å². The molecule has 0 amide bonds. The van der Waals surface area contributed by atoms with Crippen LogP contribution in [0.25, 0.3) is 0 Å². The molecule has 1 aliphatic heterocycles. The van der Waals surface area contributed by atoms with E-state index in [0.29, 0.717) is 0 Å². The molecule has 16 heavy (non-hydrogen) atoms. The molecule has 3 unspecified atom stereocenters. The summed E-state index contributed by atoms with van der Waals surface area (Å²) in [4.78, 5) is 2.49. The minimum Gasteiger partial charge on any atom is -0.303 e. The quantitative estimate of drug-likeness (QED) is 0.747. The monoisotopic (exact) mass is 223 g/mol. The lowest BCUT2D eigenvalue weighted by atomic mass is 10.0. The average Bonchev–Trinajstić information content (AvgIpc) is 2.59. The third-order valence-electron chi connectivity index (χ3n) is 3.59. The van der Waals surface area contributed by atoms with Crippen LogP contribution in [0, 0.1) is 23.2 Å². The van der Waals surface area contributed by atoms with Crippen molar-refractivity contribution in [2.75, 3.05) is 26.2 Å². The first-order chi connectivity index (χ1) is 7.67. The van der Waals surface area contributed by atoms with E-state index in [1.165, 1.54) is 13.1 Å². The number of rotatable bonds is 6. The van der Waals surface area contributed by atoms with Crippen molar-refractivity contribution >= 4 is 0 Å². The fourth-order valence-corrected chi connectivity index (χ4v) is 2.27. The number of hydrogen-bond acceptors (Lipinski definition) is 3. The highest BCUT2D eigenvalue weighted by Crippen LogP contribution is 2.21. The van der Waals surface area contributed by atoms with Crippen LogP contribution in [0.2, 0.25) is 0 Å². The predicted octanol–water partition coefficient (Wildman–Crippen LogP) is 1.86. The zero-order valence-electron chi connectivity index (χ0n) is 10.9. The molecule has 0 bridgehead atoms. The van der Waals surface area contributed by atoms with E-state index in [-0.39, 0.29) is 6.04 Å². The number of likely N-dealkylation sites (tertiary alicyclic amines) is 1. The van der Waals surface area contributed by atoms with Crippen LogP contribution in [0.4, 0.5) is 0 Å². The van der Waals surface area contributed by atoms with Crippen molar-refractivity contribution in [2.24, 2.45) is 11.8 Å². The Kier molecular flexibility index (Phi) is 5.79. The molecule has 1 heterocycles. The SMILES string of the molecule is CCCNC(C#N)CCN1CC(C)C(C)C1. The first-order valence-corrected chi connectivity index (χ1v) is 6.52. The second-order valence-corrected chi connectivity index (χ2v) is 5.14. The van der Waals surface area contributed by atoms with Crippen molar-refractivity contribution < 1.29 is 0 Å². The molecule has 3 nitrogen and oxygen atoms in total. The molecule has 0 aliphatic carbocycles. The van der Waals surface area contributed by atoms with Gasteiger partial charge >= 0.3 is 0 Å². The van der Waals surface area contributed by atoms with Gasteiger partial charge in [0.05, 0.1) is 12.1 Å². The van der Waals surface area contributed by atoms with Crippen LogP contribution in [0.1, 0.15) is 33.6 Å². The average molecular weight is 223 g/mol. The molecule has 0 aromatic rings. The molecule has 3 heteroatoms. The highest BCUT2D eigenvalue weighted by Gasteiger charge is 2.25. The Bertz CT molecular complexity index is 224. The van der Waals surface area contributed by atoms with E-state index in [0.717, 1.165) is 37.8 Å². The Morgan fingerprint density at radius 3 is 2.50 bits per heavy atom. The molecule has 0 spiro atoms. The van der Waals surface area contributed by atoms with Gasteiger partial charge in [-0.25, -0.2) is 0 Å². The van der Waals surface area contributed by atoms with Gasteiger partial charge in [-0.15, -0.1) is 0 Å². The van der Waals surface area contributed by atoms with Crippen molar-refractivity contribution in [3.63, 3.8) is 0 Å². The summed E-state index contributed by atoms with van der Waals surface area (Å²) in [7, 11) is 0. The Morgan fingerprint density at radius 2 is 2.00 bits per heavy atom. The highest BCUT2D eigenvalue weighted by molar-refractivity contribution is 4.91. The third-order valence-corrected chi connectivity index (χ3v) is 3.59. The summed E-state index contributed by atoms with van der Waals surface area (Å²) in [6.45, 7) is 11.2. The standard InChI is InChI=1S/C13H25N3/c1-4-6-15-13(8-14)5-7-16-9-11(2)12(3)10-16/h11-13,15H,4-7,9-10H2,1-3H3. The number of nitrogens with zero attached hydrogens (tertiary/aromatic N) is 2. The van der Waals surface area contributed by atoms with E-state index < -0.39 is 0 Å². The van der Waals surface area contributed by atoms with Crippen LogP contribution in [0.5, 0.6) is 0 Å². The summed E-state index contributed by atoms with van der Waals surface area (Å²) in [6.07, 6.45) is 2.05. The summed E-state index contributed by atoms with van der Waals surface area (Å²) in [5.41, 5.74) is 0. The van der Waals surface area contributed by atoms with Crippen LogP contribution in [-0.2, 0) is 0 Å². The van der Waals surface area contributed by atoms with Gasteiger partial charge in [-0.3, -0.25) is 0 Å². The summed E-state index contributed by atoms with van der Waals surface area (Å²) in [6, 6.07) is 2.38. The Labute approximate surface area is 99.8 Å². The second kappa shape index (κ2) is 6.88. The largest absolute Gasteiger partial charge is 0.303 e. The smallest absolute Gasteiger partial charge is 0.0965 e. The van der Waals surface area contributed by atoms with E-state index in [2.05, 4.69) is 37.1 Å². The van der Waals surface area contributed by atoms with Crippen LogP contribution in [0.3, 0.4) is 0 Å². The van der Waals surface area contributed by atoms with Crippen LogP contribution in [-0.4, -0.2) is 37.1 Å². The van der Waals surface area contributed by atoms with E-state index in [1.807, 2.05) is 0 Å². The van der Waals surface area contributed by atoms with E-state index in [9.17, 15) is 0 Å². The Balaban J connectivity index is 2.21. The molecule has 3 atom stereocenters. The van der Waals surface area contributed by atoms with Crippen LogP contribution >= 0.6 is 0 Å². The molecule has 1 saturated heterocycles. The van der Waals surface area contributed by atoms with Crippen molar-refractivity contribution in [1.29, 1.82) is 5.26 Å². The maximum Gasteiger partial charge on any atom is 0.0965 e. The van der Waals surface area contributed by atoms with E-state index in [1.54, 1.807) is 0 Å². The van der Waals surface area contributed by atoms with Crippen molar-refractivity contribution in [1.82, 2.24) is 10.2 Å². The Hall–Kier alpha value is -0.590. The molecule has 1 N–H and O–H groups in total. The lowest BCUT2D eigenvalue weighted by molar-refractivity contribution is 0.308. The van der Waals surface area contributed by atoms with Crippen molar-refractivity contribution in [3.8, 4) is 6.07 Å². The molecule has 0 saturated carbocycles. The maximum absolute atomic E-state index is 9.00. The van der Waals surface area contributed by atoms with Crippen LogP contribution < -0.4 is 5.32 Å². The molecule has 1 aliphatic rings. The number of nitrogens with one attached hydrogen (secondary N) is 1. The lowest BCUT2D eigenvalue weighted by Gasteiger charge is -2.18. The molecule has 0 radical (unpaired) electrons. The first-order valence-electron chi connectivity index (χ1n) is 6.52. The van der Waals surface area contributed by atoms with Gasteiger partial charge in [0.25, 0.3) is 0 Å². The molecule has 0 aromatic carbocycles. The topological polar surface area (TPSA) is 39.1 Å². The summed E-state index contributed by atoms with van der Waals surface area (Å²) in [5, 5.41) is 12.3. The predicted molar refractivity (Wildman–Crippen MR) is 67.1 cm³/mol. The van der Waals surface area contributed by atoms with Gasteiger partial charge in [0.2, 0.25) is 0 Å². The molecule has 1 fully saturated rings. The summed E-state index contributed by atoms with van der Waals surface area (Å²) >= 11 is 0. The molecular weight excluding hydrogens is 198 g/mol. The van der Waals surface area contributed by atoms with Crippen LogP contribution in [0.15, 0.2) is 0 Å². The Morgan fingerprint density at radius 1 is 1.38 bits per heavy atom. The minimum atomic E-state index is 0.0335. The molecule has 0 aromatic heterocycles. The van der Waals surface area contributed by atoms with Crippen molar-refractivity contribution in [2.45, 2.75) is 39.7 Å². The zero-order valence-corrected chi connectivity index (χ0v) is 10.9. The molecule has 92 valence electrons. The minimum absolute atomic E-state index is 0.0335. The van der Waals surface area contributed by atoms with Gasteiger partial charge in [0.15, 0.2) is 0 Å².